The maximum absolute atomic E-state index is 13.1. The lowest BCUT2D eigenvalue weighted by molar-refractivity contribution is 0.0389. The Bertz CT molecular complexity index is 1010. The quantitative estimate of drug-likeness (QED) is 0.466. The van der Waals surface area contributed by atoms with Gasteiger partial charge in [0.15, 0.2) is 5.11 Å². The summed E-state index contributed by atoms with van der Waals surface area (Å²) in [5, 5.41) is 6.45. The second kappa shape index (κ2) is 11.3. The molecule has 3 rings (SSSR count). The van der Waals surface area contributed by atoms with Gasteiger partial charge in [0, 0.05) is 37.9 Å². The molecular formula is C21H28N4O5S2. The van der Waals surface area contributed by atoms with Gasteiger partial charge in [-0.05, 0) is 48.6 Å². The van der Waals surface area contributed by atoms with Crippen LogP contribution in [0.1, 0.15) is 0 Å². The molecule has 0 aliphatic carbocycles. The predicted octanol–water partition coefficient (Wildman–Crippen LogP) is 2.12. The molecule has 1 heterocycles. The third-order valence-corrected chi connectivity index (χ3v) is 6.55. The van der Waals surface area contributed by atoms with Crippen molar-refractivity contribution in [2.75, 3.05) is 63.7 Å². The third-order valence-electron chi connectivity index (χ3n) is 4.89. The first-order chi connectivity index (χ1) is 15.4. The van der Waals surface area contributed by atoms with E-state index in [0.717, 1.165) is 32.8 Å². The molecule has 0 unspecified atom stereocenters. The molecule has 0 bridgehead atoms. The highest BCUT2D eigenvalue weighted by Gasteiger charge is 2.21. The van der Waals surface area contributed by atoms with E-state index < -0.39 is 10.0 Å². The highest BCUT2D eigenvalue weighted by molar-refractivity contribution is 7.93. The first-order valence-corrected chi connectivity index (χ1v) is 12.0. The van der Waals surface area contributed by atoms with Crippen molar-refractivity contribution in [1.29, 1.82) is 0 Å². The fourth-order valence-electron chi connectivity index (χ4n) is 3.14. The van der Waals surface area contributed by atoms with Crippen LogP contribution in [0, 0.1) is 0 Å². The lowest BCUT2D eigenvalue weighted by atomic mass is 10.3. The zero-order chi connectivity index (χ0) is 23.0. The SMILES string of the molecule is COc1ccc(NS(=O)(=O)c2cc(OC)ccc2NC(=S)NCCN2CCOCC2)cc1. The molecule has 174 valence electrons. The van der Waals surface area contributed by atoms with Crippen LogP contribution in [0.25, 0.3) is 0 Å². The van der Waals surface area contributed by atoms with Crippen molar-refractivity contribution >= 4 is 38.7 Å². The lowest BCUT2D eigenvalue weighted by Crippen LogP contribution is -2.42. The fourth-order valence-corrected chi connectivity index (χ4v) is 4.59. The van der Waals surface area contributed by atoms with Crippen LogP contribution in [0.3, 0.4) is 0 Å². The number of rotatable bonds is 9. The largest absolute Gasteiger partial charge is 0.497 e. The molecule has 2 aromatic rings. The minimum absolute atomic E-state index is 0.0185. The minimum atomic E-state index is -3.92. The van der Waals surface area contributed by atoms with Gasteiger partial charge in [0.2, 0.25) is 0 Å². The first kappa shape index (κ1) is 24.1. The number of morpholine rings is 1. The number of nitrogens with zero attached hydrogens (tertiary/aromatic N) is 1. The van der Waals surface area contributed by atoms with Gasteiger partial charge in [0.05, 0.1) is 33.1 Å². The Hall–Kier alpha value is -2.60. The molecule has 0 aromatic heterocycles. The Balaban J connectivity index is 1.69. The maximum atomic E-state index is 13.1. The van der Waals surface area contributed by atoms with Crippen LogP contribution in [0.5, 0.6) is 11.5 Å². The number of anilines is 2. The zero-order valence-electron chi connectivity index (χ0n) is 18.1. The first-order valence-electron chi connectivity index (χ1n) is 10.1. The number of methoxy groups -OCH3 is 2. The zero-order valence-corrected chi connectivity index (χ0v) is 19.7. The summed E-state index contributed by atoms with van der Waals surface area (Å²) in [4.78, 5) is 2.30. The molecule has 0 spiro atoms. The van der Waals surface area contributed by atoms with E-state index in [2.05, 4.69) is 20.3 Å². The molecule has 2 aromatic carbocycles. The number of benzene rings is 2. The fraction of sp³-hybridized carbons (Fsp3) is 0.381. The average Bonchev–Trinajstić information content (AvgIpc) is 2.80. The molecule has 0 saturated carbocycles. The summed E-state index contributed by atoms with van der Waals surface area (Å²) in [6.07, 6.45) is 0. The van der Waals surface area contributed by atoms with E-state index in [9.17, 15) is 8.42 Å². The summed E-state index contributed by atoms with van der Waals surface area (Å²) in [6, 6.07) is 11.3. The number of hydrogen-bond acceptors (Lipinski definition) is 7. The minimum Gasteiger partial charge on any atom is -0.497 e. The van der Waals surface area contributed by atoms with E-state index in [-0.39, 0.29) is 4.90 Å². The average molecular weight is 481 g/mol. The lowest BCUT2D eigenvalue weighted by Gasteiger charge is -2.26. The normalized spacial score (nSPS) is 14.4. The van der Waals surface area contributed by atoms with Crippen LogP contribution in [-0.2, 0) is 14.8 Å². The van der Waals surface area contributed by atoms with Crippen LogP contribution in [0.15, 0.2) is 47.4 Å². The van der Waals surface area contributed by atoms with E-state index in [1.165, 1.54) is 13.2 Å². The van der Waals surface area contributed by atoms with Crippen molar-refractivity contribution in [3.8, 4) is 11.5 Å². The van der Waals surface area contributed by atoms with Crippen molar-refractivity contribution in [2.24, 2.45) is 0 Å². The summed E-state index contributed by atoms with van der Waals surface area (Å²) in [7, 11) is -0.896. The number of ether oxygens (including phenoxy) is 3. The van der Waals surface area contributed by atoms with Gasteiger partial charge in [-0.2, -0.15) is 0 Å². The predicted molar refractivity (Wildman–Crippen MR) is 128 cm³/mol. The summed E-state index contributed by atoms with van der Waals surface area (Å²) >= 11 is 5.38. The molecule has 32 heavy (non-hydrogen) atoms. The van der Waals surface area contributed by atoms with E-state index in [0.29, 0.717) is 34.5 Å². The number of thiocarbonyl (C=S) groups is 1. The molecule has 11 heteroatoms. The molecule has 1 fully saturated rings. The molecule has 1 aliphatic rings. The highest BCUT2D eigenvalue weighted by atomic mass is 32.2. The highest BCUT2D eigenvalue weighted by Crippen LogP contribution is 2.28. The van der Waals surface area contributed by atoms with Crippen LogP contribution in [0.2, 0.25) is 0 Å². The topological polar surface area (TPSA) is 101 Å². The summed E-state index contributed by atoms with van der Waals surface area (Å²) in [6.45, 7) is 4.69. The molecular weight excluding hydrogens is 452 g/mol. The smallest absolute Gasteiger partial charge is 0.264 e. The van der Waals surface area contributed by atoms with Crippen LogP contribution < -0.4 is 24.8 Å². The molecule has 3 N–H and O–H groups in total. The Morgan fingerprint density at radius 2 is 1.72 bits per heavy atom. The van der Waals surface area contributed by atoms with E-state index in [1.807, 2.05) is 0 Å². The Labute approximate surface area is 194 Å². The Morgan fingerprint density at radius 1 is 1.06 bits per heavy atom. The summed E-state index contributed by atoms with van der Waals surface area (Å²) in [5.74, 6) is 1.04. The molecule has 0 amide bonds. The van der Waals surface area contributed by atoms with Crippen molar-refractivity contribution in [2.45, 2.75) is 4.90 Å². The van der Waals surface area contributed by atoms with Gasteiger partial charge < -0.3 is 24.8 Å². The molecule has 9 nitrogen and oxygen atoms in total. The van der Waals surface area contributed by atoms with Crippen molar-refractivity contribution in [1.82, 2.24) is 10.2 Å². The molecule has 1 aliphatic heterocycles. The molecule has 1 saturated heterocycles. The standard InChI is InChI=1S/C21H28N4O5S2/c1-28-17-5-3-16(4-6-17)24-32(26,27)20-15-18(29-2)7-8-19(20)23-21(31)22-9-10-25-11-13-30-14-12-25/h3-8,15,24H,9-14H2,1-2H3,(H2,22,23,31). The van der Waals surface area contributed by atoms with Crippen molar-refractivity contribution < 1.29 is 22.6 Å². The van der Waals surface area contributed by atoms with Crippen LogP contribution >= 0.6 is 12.2 Å². The Morgan fingerprint density at radius 3 is 2.38 bits per heavy atom. The third kappa shape index (κ3) is 6.70. The Kier molecular flexibility index (Phi) is 8.51. The van der Waals surface area contributed by atoms with E-state index >= 15 is 0 Å². The number of sulfonamides is 1. The van der Waals surface area contributed by atoms with Gasteiger partial charge in [-0.1, -0.05) is 0 Å². The summed E-state index contributed by atoms with van der Waals surface area (Å²) < 4.78 is 44.5. The van der Waals surface area contributed by atoms with Gasteiger partial charge >= 0.3 is 0 Å². The monoisotopic (exact) mass is 480 g/mol. The van der Waals surface area contributed by atoms with Gasteiger partial charge in [0.25, 0.3) is 10.0 Å². The van der Waals surface area contributed by atoms with Gasteiger partial charge in [-0.15, -0.1) is 0 Å². The van der Waals surface area contributed by atoms with Crippen LogP contribution in [0.4, 0.5) is 11.4 Å². The van der Waals surface area contributed by atoms with Gasteiger partial charge in [-0.3, -0.25) is 9.62 Å². The van der Waals surface area contributed by atoms with E-state index in [4.69, 9.17) is 26.4 Å². The van der Waals surface area contributed by atoms with E-state index in [1.54, 1.807) is 43.5 Å². The van der Waals surface area contributed by atoms with Crippen molar-refractivity contribution in [3.63, 3.8) is 0 Å². The maximum Gasteiger partial charge on any atom is 0.264 e. The molecule has 0 radical (unpaired) electrons. The second-order valence-corrected chi connectivity index (χ2v) is 9.09. The summed E-state index contributed by atoms with van der Waals surface area (Å²) in [5.41, 5.74) is 0.751. The number of nitrogens with one attached hydrogen (secondary N) is 3. The van der Waals surface area contributed by atoms with Crippen molar-refractivity contribution in [3.05, 3.63) is 42.5 Å². The number of hydrogen-bond donors (Lipinski definition) is 3. The molecule has 0 atom stereocenters. The second-order valence-electron chi connectivity index (χ2n) is 7.03. The van der Waals surface area contributed by atoms with Gasteiger partial charge in [-0.25, -0.2) is 8.42 Å². The van der Waals surface area contributed by atoms with Gasteiger partial charge in [0.1, 0.15) is 16.4 Å². The van der Waals surface area contributed by atoms with Crippen LogP contribution in [-0.4, -0.2) is 72.0 Å².